The number of allylic oxidation sites excluding steroid dienone is 1. The van der Waals surface area contributed by atoms with Crippen LogP contribution in [-0.4, -0.2) is 15.2 Å². The van der Waals surface area contributed by atoms with E-state index >= 15 is 0 Å². The van der Waals surface area contributed by atoms with E-state index in [4.69, 9.17) is 10.5 Å². The number of rotatable bonds is 4. The number of hydrogen-bond donors (Lipinski definition) is 2. The minimum atomic E-state index is -0.550. The van der Waals surface area contributed by atoms with Gasteiger partial charge in [0.2, 0.25) is 11.8 Å². The number of halogens is 1. The number of nitrogens with one attached hydrogen (secondary N) is 1. The number of aromatic amines is 1. The van der Waals surface area contributed by atoms with E-state index in [1.807, 2.05) is 19.9 Å². The summed E-state index contributed by atoms with van der Waals surface area (Å²) >= 11 is 1.39. The Bertz CT molecular complexity index is 1280. The standard InChI is InChI=1S/C22H17FN6OS/c1-11-7-12(2)27-22(15(11)8-24)31-10-17-19-18(13-3-5-14(23)6-4-13)16(9-25)20(26)30-21(19)29-28-17/h3-7,18H,10,26H2,1-2H3,(H,28,29)/t18-/m1/s1. The molecule has 31 heavy (non-hydrogen) atoms. The summed E-state index contributed by atoms with van der Waals surface area (Å²) in [4.78, 5) is 4.50. The van der Waals surface area contributed by atoms with Gasteiger partial charge in [0.15, 0.2) is 0 Å². The Morgan fingerprint density at radius 3 is 2.65 bits per heavy atom. The van der Waals surface area contributed by atoms with Crippen molar-refractivity contribution in [2.24, 2.45) is 5.73 Å². The molecule has 9 heteroatoms. The number of fused-ring (bicyclic) bond motifs is 1. The smallest absolute Gasteiger partial charge is 0.244 e. The highest BCUT2D eigenvalue weighted by Gasteiger charge is 2.35. The minimum Gasteiger partial charge on any atom is -0.420 e. The monoisotopic (exact) mass is 432 g/mol. The minimum absolute atomic E-state index is 0.0298. The van der Waals surface area contributed by atoms with E-state index < -0.39 is 5.92 Å². The van der Waals surface area contributed by atoms with E-state index in [1.54, 1.807) is 12.1 Å². The second kappa shape index (κ2) is 8.13. The Kier molecular flexibility index (Phi) is 5.37. The highest BCUT2D eigenvalue weighted by molar-refractivity contribution is 7.98. The van der Waals surface area contributed by atoms with Crippen LogP contribution in [0.2, 0.25) is 0 Å². The molecule has 4 rings (SSSR count). The molecule has 0 fully saturated rings. The van der Waals surface area contributed by atoms with E-state index in [1.165, 1.54) is 23.9 Å². The van der Waals surface area contributed by atoms with Gasteiger partial charge in [-0.15, -0.1) is 5.10 Å². The Balaban J connectivity index is 1.74. The largest absolute Gasteiger partial charge is 0.420 e. The summed E-state index contributed by atoms with van der Waals surface area (Å²) in [6.07, 6.45) is 0. The number of nitriles is 2. The Labute approximate surface area is 182 Å². The van der Waals surface area contributed by atoms with Crippen molar-refractivity contribution in [3.05, 3.63) is 81.2 Å². The van der Waals surface area contributed by atoms with Crippen LogP contribution in [0.25, 0.3) is 0 Å². The summed E-state index contributed by atoms with van der Waals surface area (Å²) in [6, 6.07) is 12.1. The quantitative estimate of drug-likeness (QED) is 0.598. The van der Waals surface area contributed by atoms with Crippen molar-refractivity contribution in [1.29, 1.82) is 10.5 Å². The molecule has 0 amide bonds. The van der Waals surface area contributed by atoms with Crippen molar-refractivity contribution in [3.63, 3.8) is 0 Å². The van der Waals surface area contributed by atoms with Crippen molar-refractivity contribution in [2.75, 3.05) is 0 Å². The number of nitrogens with zero attached hydrogens (tertiary/aromatic N) is 4. The highest BCUT2D eigenvalue weighted by atomic mass is 32.2. The van der Waals surface area contributed by atoms with Gasteiger partial charge in [0.1, 0.15) is 28.6 Å². The number of aromatic nitrogens is 3. The predicted molar refractivity (Wildman–Crippen MR) is 112 cm³/mol. The van der Waals surface area contributed by atoms with Crippen LogP contribution in [-0.2, 0) is 5.75 Å². The number of ether oxygens (including phenoxy) is 1. The van der Waals surface area contributed by atoms with Crippen LogP contribution in [0.1, 0.15) is 39.6 Å². The van der Waals surface area contributed by atoms with Crippen LogP contribution in [0, 0.1) is 42.3 Å². The zero-order chi connectivity index (χ0) is 22.1. The molecule has 1 aliphatic heterocycles. The number of pyridine rings is 1. The summed E-state index contributed by atoms with van der Waals surface area (Å²) in [5, 5.41) is 27.0. The lowest BCUT2D eigenvalue weighted by molar-refractivity contribution is 0.378. The molecule has 154 valence electrons. The van der Waals surface area contributed by atoms with Gasteiger partial charge in [0, 0.05) is 11.4 Å². The van der Waals surface area contributed by atoms with E-state index in [0.29, 0.717) is 33.2 Å². The first kappa shape index (κ1) is 20.5. The maximum Gasteiger partial charge on any atom is 0.244 e. The van der Waals surface area contributed by atoms with Crippen molar-refractivity contribution in [2.45, 2.75) is 30.5 Å². The molecule has 3 heterocycles. The number of H-pyrrole nitrogens is 1. The van der Waals surface area contributed by atoms with Gasteiger partial charge in [-0.05, 0) is 43.2 Å². The fourth-order valence-electron chi connectivity index (χ4n) is 3.59. The fourth-order valence-corrected chi connectivity index (χ4v) is 4.65. The molecule has 2 aromatic heterocycles. The summed E-state index contributed by atoms with van der Waals surface area (Å²) in [7, 11) is 0. The third-order valence-corrected chi connectivity index (χ3v) is 6.00. The van der Waals surface area contributed by atoms with E-state index in [2.05, 4.69) is 27.3 Å². The summed E-state index contributed by atoms with van der Waals surface area (Å²) in [6.45, 7) is 3.75. The van der Waals surface area contributed by atoms with Gasteiger partial charge in [0.05, 0.1) is 22.7 Å². The van der Waals surface area contributed by atoms with Crippen molar-refractivity contribution >= 4 is 11.8 Å². The van der Waals surface area contributed by atoms with Gasteiger partial charge >= 0.3 is 0 Å². The summed E-state index contributed by atoms with van der Waals surface area (Å²) in [5.74, 6) is -0.272. The average Bonchev–Trinajstić information content (AvgIpc) is 3.13. The van der Waals surface area contributed by atoms with Crippen molar-refractivity contribution in [1.82, 2.24) is 15.2 Å². The van der Waals surface area contributed by atoms with Gasteiger partial charge in [-0.1, -0.05) is 23.9 Å². The van der Waals surface area contributed by atoms with Crippen molar-refractivity contribution < 1.29 is 9.13 Å². The SMILES string of the molecule is Cc1cc(C)c(C#N)c(SCc2[nH]nc3c2[C@H](c2ccc(F)cc2)C(C#N)=C(N)O3)n1. The topological polar surface area (TPSA) is 124 Å². The Morgan fingerprint density at radius 2 is 1.97 bits per heavy atom. The fraction of sp³-hybridized carbons (Fsp3) is 0.182. The van der Waals surface area contributed by atoms with Crippen LogP contribution in [0.4, 0.5) is 4.39 Å². The van der Waals surface area contributed by atoms with Crippen LogP contribution in [0.5, 0.6) is 5.88 Å². The molecule has 0 saturated heterocycles. The maximum atomic E-state index is 13.5. The maximum absolute atomic E-state index is 13.5. The van der Waals surface area contributed by atoms with Gasteiger partial charge < -0.3 is 10.5 Å². The highest BCUT2D eigenvalue weighted by Crippen LogP contribution is 2.44. The third-order valence-electron chi connectivity index (χ3n) is 5.00. The van der Waals surface area contributed by atoms with E-state index in [-0.39, 0.29) is 23.2 Å². The van der Waals surface area contributed by atoms with Crippen molar-refractivity contribution in [3.8, 4) is 18.0 Å². The van der Waals surface area contributed by atoms with Crippen LogP contribution < -0.4 is 10.5 Å². The van der Waals surface area contributed by atoms with Crippen LogP contribution in [0.15, 0.2) is 46.8 Å². The molecule has 0 radical (unpaired) electrons. The molecule has 0 unspecified atom stereocenters. The van der Waals surface area contributed by atoms with Crippen LogP contribution >= 0.6 is 11.8 Å². The van der Waals surface area contributed by atoms with Crippen LogP contribution in [0.3, 0.4) is 0 Å². The zero-order valence-corrected chi connectivity index (χ0v) is 17.5. The van der Waals surface area contributed by atoms with E-state index in [9.17, 15) is 14.9 Å². The molecule has 3 N–H and O–H groups in total. The average molecular weight is 432 g/mol. The number of nitrogens with two attached hydrogens (primary N) is 1. The number of thioether (sulfide) groups is 1. The van der Waals surface area contributed by atoms with E-state index in [0.717, 1.165) is 11.3 Å². The van der Waals surface area contributed by atoms with Gasteiger partial charge in [-0.25, -0.2) is 9.37 Å². The first-order valence-corrected chi connectivity index (χ1v) is 10.3. The van der Waals surface area contributed by atoms with Gasteiger partial charge in [-0.3, -0.25) is 5.10 Å². The number of hydrogen-bond acceptors (Lipinski definition) is 7. The molecule has 0 spiro atoms. The summed E-state index contributed by atoms with van der Waals surface area (Å²) in [5.41, 5.74) is 10.5. The Morgan fingerprint density at radius 1 is 1.23 bits per heavy atom. The number of benzene rings is 1. The first-order chi connectivity index (χ1) is 14.9. The first-order valence-electron chi connectivity index (χ1n) is 9.34. The predicted octanol–water partition coefficient (Wildman–Crippen LogP) is 3.94. The molecule has 1 aromatic carbocycles. The zero-order valence-electron chi connectivity index (χ0n) is 16.7. The molecule has 0 saturated carbocycles. The molecule has 1 atom stereocenters. The van der Waals surface area contributed by atoms with Gasteiger partial charge in [-0.2, -0.15) is 10.5 Å². The molecule has 3 aromatic rings. The second-order valence-corrected chi connectivity index (χ2v) is 8.02. The normalized spacial score (nSPS) is 15.1. The molecule has 0 bridgehead atoms. The molecule has 0 aliphatic carbocycles. The molecular formula is C22H17FN6OS. The summed E-state index contributed by atoms with van der Waals surface area (Å²) < 4.78 is 19.1. The van der Waals surface area contributed by atoms with Gasteiger partial charge in [0.25, 0.3) is 0 Å². The second-order valence-electron chi connectivity index (χ2n) is 7.06. The number of aryl methyl sites for hydroxylation is 2. The lowest BCUT2D eigenvalue weighted by Crippen LogP contribution is -2.21. The lowest BCUT2D eigenvalue weighted by atomic mass is 9.84. The molecule has 7 nitrogen and oxygen atoms in total. The third kappa shape index (κ3) is 3.72. The Hall–Kier alpha value is -3.82. The molecule has 1 aliphatic rings. The lowest BCUT2D eigenvalue weighted by Gasteiger charge is -2.24. The molecular weight excluding hydrogens is 415 g/mol.